The van der Waals surface area contributed by atoms with Gasteiger partial charge in [-0.15, -0.1) is 5.10 Å². The van der Waals surface area contributed by atoms with Crippen LogP contribution in [0.4, 0.5) is 6.01 Å². The van der Waals surface area contributed by atoms with E-state index in [0.717, 1.165) is 0 Å². The summed E-state index contributed by atoms with van der Waals surface area (Å²) in [6.45, 7) is 7.66. The van der Waals surface area contributed by atoms with Gasteiger partial charge in [0.2, 0.25) is 11.8 Å². The minimum Gasteiger partial charge on any atom is -0.408 e. The summed E-state index contributed by atoms with van der Waals surface area (Å²) in [6, 6.07) is 0.101. The van der Waals surface area contributed by atoms with E-state index in [1.165, 1.54) is 0 Å². The van der Waals surface area contributed by atoms with Crippen LogP contribution in [0.1, 0.15) is 39.5 Å². The molecule has 7 nitrogen and oxygen atoms in total. The highest BCUT2D eigenvalue weighted by Crippen LogP contribution is 2.15. The SMILES string of the molecule is CC(C)c1nnc(NC(=O)CN(C)C(C)(C)CO)o1. The number of rotatable bonds is 6. The summed E-state index contributed by atoms with van der Waals surface area (Å²) in [5.41, 5.74) is -0.463. The van der Waals surface area contributed by atoms with Crippen molar-refractivity contribution in [1.29, 1.82) is 0 Å². The third-order valence-electron chi connectivity index (χ3n) is 2.98. The molecule has 108 valence electrons. The van der Waals surface area contributed by atoms with Gasteiger partial charge < -0.3 is 9.52 Å². The lowest BCUT2D eigenvalue weighted by Crippen LogP contribution is -2.47. The molecule has 0 atom stereocenters. The molecule has 2 N–H and O–H groups in total. The number of likely N-dealkylation sites (N-methyl/N-ethyl adjacent to an activating group) is 1. The fourth-order valence-corrected chi connectivity index (χ4v) is 1.23. The number of aliphatic hydroxyl groups is 1. The van der Waals surface area contributed by atoms with Crippen LogP contribution >= 0.6 is 0 Å². The highest BCUT2D eigenvalue weighted by Gasteiger charge is 2.24. The van der Waals surface area contributed by atoms with E-state index in [1.807, 2.05) is 27.7 Å². The Bertz CT molecular complexity index is 428. The standard InChI is InChI=1S/C12H22N4O3/c1-8(2)10-14-15-11(19-10)13-9(18)6-16(5)12(3,4)7-17/h8,17H,6-7H2,1-5H3,(H,13,15,18). The molecule has 0 radical (unpaired) electrons. The van der Waals surface area contributed by atoms with Crippen molar-refractivity contribution in [1.82, 2.24) is 15.1 Å². The Labute approximate surface area is 113 Å². The van der Waals surface area contributed by atoms with E-state index in [4.69, 9.17) is 4.42 Å². The van der Waals surface area contributed by atoms with Crippen molar-refractivity contribution in [3.05, 3.63) is 5.89 Å². The zero-order valence-corrected chi connectivity index (χ0v) is 12.1. The van der Waals surface area contributed by atoms with Gasteiger partial charge in [-0.25, -0.2) is 0 Å². The van der Waals surface area contributed by atoms with E-state index < -0.39 is 5.54 Å². The molecule has 0 saturated heterocycles. The van der Waals surface area contributed by atoms with Crippen LogP contribution in [0.15, 0.2) is 4.42 Å². The van der Waals surface area contributed by atoms with Crippen LogP contribution in [0.5, 0.6) is 0 Å². The van der Waals surface area contributed by atoms with Crippen LogP contribution in [0.3, 0.4) is 0 Å². The van der Waals surface area contributed by atoms with Crippen LogP contribution in [0.2, 0.25) is 0 Å². The van der Waals surface area contributed by atoms with E-state index in [-0.39, 0.29) is 31.0 Å². The molecule has 0 aliphatic heterocycles. The zero-order valence-electron chi connectivity index (χ0n) is 12.1. The normalized spacial score (nSPS) is 12.2. The largest absolute Gasteiger partial charge is 0.408 e. The lowest BCUT2D eigenvalue weighted by Gasteiger charge is -2.32. The first-order valence-corrected chi connectivity index (χ1v) is 6.21. The first kappa shape index (κ1) is 15.6. The molecule has 0 bridgehead atoms. The summed E-state index contributed by atoms with van der Waals surface area (Å²) in [5, 5.41) is 19.3. The molecule has 1 aromatic rings. The van der Waals surface area contributed by atoms with E-state index in [9.17, 15) is 9.90 Å². The average Bonchev–Trinajstić information content (AvgIpc) is 2.77. The Morgan fingerprint density at radius 2 is 2.11 bits per heavy atom. The molecular weight excluding hydrogens is 248 g/mol. The summed E-state index contributed by atoms with van der Waals surface area (Å²) in [4.78, 5) is 13.6. The van der Waals surface area contributed by atoms with Crippen molar-refractivity contribution in [3.8, 4) is 0 Å². The van der Waals surface area contributed by atoms with Crippen LogP contribution < -0.4 is 5.32 Å². The van der Waals surface area contributed by atoms with Gasteiger partial charge in [-0.05, 0) is 20.9 Å². The number of carbonyl (C=O) groups excluding carboxylic acids is 1. The van der Waals surface area contributed by atoms with Gasteiger partial charge in [0.25, 0.3) is 0 Å². The second-order valence-electron chi connectivity index (χ2n) is 5.47. The zero-order chi connectivity index (χ0) is 14.6. The predicted molar refractivity (Wildman–Crippen MR) is 70.8 cm³/mol. The summed E-state index contributed by atoms with van der Waals surface area (Å²) in [5.74, 6) is 0.344. The van der Waals surface area contributed by atoms with Gasteiger partial charge in [0.15, 0.2) is 0 Å². The van der Waals surface area contributed by atoms with Crippen molar-refractivity contribution < 1.29 is 14.3 Å². The molecule has 0 aliphatic rings. The molecule has 19 heavy (non-hydrogen) atoms. The number of nitrogens with one attached hydrogen (secondary N) is 1. The number of aromatic nitrogens is 2. The fourth-order valence-electron chi connectivity index (χ4n) is 1.23. The number of amides is 1. The van der Waals surface area contributed by atoms with Crippen LogP contribution in [0.25, 0.3) is 0 Å². The molecule has 0 unspecified atom stereocenters. The Morgan fingerprint density at radius 1 is 1.47 bits per heavy atom. The molecule has 0 aliphatic carbocycles. The van der Waals surface area contributed by atoms with Crippen molar-refractivity contribution >= 4 is 11.9 Å². The van der Waals surface area contributed by atoms with Gasteiger partial charge in [-0.1, -0.05) is 18.9 Å². The number of aliphatic hydroxyl groups excluding tert-OH is 1. The number of hydrogen-bond donors (Lipinski definition) is 2. The Morgan fingerprint density at radius 3 is 2.58 bits per heavy atom. The van der Waals surface area contributed by atoms with E-state index in [1.54, 1.807) is 11.9 Å². The molecule has 0 aromatic carbocycles. The Hall–Kier alpha value is -1.47. The minimum absolute atomic E-state index is 0.0329. The number of nitrogens with zero attached hydrogens (tertiary/aromatic N) is 3. The van der Waals surface area contributed by atoms with Crippen molar-refractivity contribution in [2.45, 2.75) is 39.2 Å². The first-order valence-electron chi connectivity index (χ1n) is 6.21. The second kappa shape index (κ2) is 6.12. The molecule has 0 fully saturated rings. The van der Waals surface area contributed by atoms with E-state index >= 15 is 0 Å². The molecule has 1 heterocycles. The van der Waals surface area contributed by atoms with Gasteiger partial charge in [0.1, 0.15) is 0 Å². The van der Waals surface area contributed by atoms with Gasteiger partial charge >= 0.3 is 6.01 Å². The van der Waals surface area contributed by atoms with Gasteiger partial charge in [0, 0.05) is 11.5 Å². The molecular formula is C12H22N4O3. The Kier molecular flexibility index (Phi) is 5.02. The van der Waals surface area contributed by atoms with E-state index in [2.05, 4.69) is 15.5 Å². The summed E-state index contributed by atoms with van der Waals surface area (Å²) in [7, 11) is 1.77. The van der Waals surface area contributed by atoms with E-state index in [0.29, 0.717) is 5.89 Å². The van der Waals surface area contributed by atoms with Crippen molar-refractivity contribution in [2.75, 3.05) is 25.5 Å². The lowest BCUT2D eigenvalue weighted by molar-refractivity contribution is -0.118. The summed E-state index contributed by atoms with van der Waals surface area (Å²) in [6.07, 6.45) is 0. The molecule has 7 heteroatoms. The van der Waals surface area contributed by atoms with Crippen molar-refractivity contribution in [3.63, 3.8) is 0 Å². The van der Waals surface area contributed by atoms with Crippen molar-refractivity contribution in [2.24, 2.45) is 0 Å². The quantitative estimate of drug-likeness (QED) is 0.795. The summed E-state index contributed by atoms with van der Waals surface area (Å²) < 4.78 is 5.29. The Balaban J connectivity index is 2.55. The molecule has 0 spiro atoms. The predicted octanol–water partition coefficient (Wildman–Crippen LogP) is 0.834. The van der Waals surface area contributed by atoms with Crippen LogP contribution in [0, 0.1) is 0 Å². The van der Waals surface area contributed by atoms with Gasteiger partial charge in [-0.3, -0.25) is 15.0 Å². The number of carbonyl (C=O) groups is 1. The van der Waals surface area contributed by atoms with Crippen LogP contribution in [-0.2, 0) is 4.79 Å². The third-order valence-corrected chi connectivity index (χ3v) is 2.98. The number of hydrogen-bond acceptors (Lipinski definition) is 6. The lowest BCUT2D eigenvalue weighted by atomic mass is 10.1. The maximum atomic E-state index is 11.8. The smallest absolute Gasteiger partial charge is 0.322 e. The maximum absolute atomic E-state index is 11.8. The highest BCUT2D eigenvalue weighted by molar-refractivity contribution is 5.90. The second-order valence-corrected chi connectivity index (χ2v) is 5.47. The monoisotopic (exact) mass is 270 g/mol. The summed E-state index contributed by atoms with van der Waals surface area (Å²) >= 11 is 0. The number of anilines is 1. The van der Waals surface area contributed by atoms with Gasteiger partial charge in [-0.2, -0.15) is 0 Å². The van der Waals surface area contributed by atoms with Gasteiger partial charge in [0.05, 0.1) is 13.2 Å². The maximum Gasteiger partial charge on any atom is 0.322 e. The molecule has 1 rings (SSSR count). The fraction of sp³-hybridized carbons (Fsp3) is 0.750. The molecule has 0 saturated carbocycles. The minimum atomic E-state index is -0.463. The topological polar surface area (TPSA) is 91.5 Å². The first-order chi connectivity index (χ1) is 8.76. The highest BCUT2D eigenvalue weighted by atomic mass is 16.4. The third kappa shape index (κ3) is 4.29. The average molecular weight is 270 g/mol. The molecule has 1 amide bonds. The van der Waals surface area contributed by atoms with Crippen LogP contribution in [-0.4, -0.2) is 51.8 Å². The molecule has 1 aromatic heterocycles.